The van der Waals surface area contributed by atoms with Crippen molar-refractivity contribution in [2.75, 3.05) is 10.2 Å². The Morgan fingerprint density at radius 1 is 0.950 bits per heavy atom. The van der Waals surface area contributed by atoms with Gasteiger partial charge in [0.05, 0.1) is 11.3 Å². The molecule has 0 spiro atoms. The summed E-state index contributed by atoms with van der Waals surface area (Å²) in [5.41, 5.74) is 1.79. The van der Waals surface area contributed by atoms with E-state index in [1.807, 2.05) is 30.3 Å². The Labute approximate surface area is 117 Å². The van der Waals surface area contributed by atoms with Gasteiger partial charge in [-0.15, -0.1) is 0 Å². The maximum absolute atomic E-state index is 12.7. The lowest BCUT2D eigenvalue weighted by molar-refractivity contribution is -0.117. The molecule has 1 aliphatic heterocycles. The van der Waals surface area contributed by atoms with Crippen molar-refractivity contribution in [1.82, 2.24) is 0 Å². The zero-order valence-corrected chi connectivity index (χ0v) is 11.0. The molecule has 0 aromatic heterocycles. The lowest BCUT2D eigenvalue weighted by atomic mass is 10.1. The van der Waals surface area contributed by atoms with Gasteiger partial charge in [0.2, 0.25) is 5.91 Å². The van der Waals surface area contributed by atoms with E-state index >= 15 is 0 Å². The van der Waals surface area contributed by atoms with Gasteiger partial charge in [-0.2, -0.15) is 0 Å². The number of para-hydroxylation sites is 2. The largest absolute Gasteiger partial charge is 0.324 e. The van der Waals surface area contributed by atoms with Crippen LogP contribution >= 0.6 is 0 Å². The second-order valence-electron chi connectivity index (χ2n) is 4.72. The van der Waals surface area contributed by atoms with Crippen LogP contribution in [0.2, 0.25) is 0 Å². The Bertz CT molecular complexity index is 667. The molecule has 0 fully saturated rings. The van der Waals surface area contributed by atoms with Crippen molar-refractivity contribution in [1.29, 1.82) is 0 Å². The van der Waals surface area contributed by atoms with Crippen LogP contribution in [-0.2, 0) is 4.79 Å². The van der Waals surface area contributed by atoms with Crippen molar-refractivity contribution in [3.8, 4) is 0 Å². The fraction of sp³-hybridized carbons (Fsp3) is 0.125. The number of nitrogens with zero attached hydrogens (tertiary/aromatic N) is 1. The van der Waals surface area contributed by atoms with Crippen molar-refractivity contribution in [3.05, 3.63) is 60.2 Å². The van der Waals surface area contributed by atoms with Gasteiger partial charge in [0.25, 0.3) is 5.91 Å². The summed E-state index contributed by atoms with van der Waals surface area (Å²) in [5, 5.41) is 2.80. The molecule has 1 aliphatic rings. The molecule has 0 radical (unpaired) electrons. The van der Waals surface area contributed by atoms with Gasteiger partial charge >= 0.3 is 0 Å². The fourth-order valence-electron chi connectivity index (χ4n) is 2.37. The third-order valence-electron chi connectivity index (χ3n) is 3.44. The fourth-order valence-corrected chi connectivity index (χ4v) is 2.37. The monoisotopic (exact) mass is 266 g/mol. The zero-order valence-electron chi connectivity index (χ0n) is 11.0. The number of rotatable bonds is 1. The minimum absolute atomic E-state index is 0.169. The van der Waals surface area contributed by atoms with Crippen LogP contribution < -0.4 is 10.2 Å². The first-order chi connectivity index (χ1) is 9.68. The van der Waals surface area contributed by atoms with Gasteiger partial charge < -0.3 is 5.32 Å². The average Bonchev–Trinajstić information content (AvgIpc) is 2.57. The number of anilines is 2. The first-order valence-electron chi connectivity index (χ1n) is 6.47. The lowest BCUT2D eigenvalue weighted by Gasteiger charge is -2.25. The normalized spacial score (nSPS) is 18.2. The van der Waals surface area contributed by atoms with E-state index in [4.69, 9.17) is 0 Å². The molecule has 20 heavy (non-hydrogen) atoms. The minimum atomic E-state index is -0.558. The molecule has 0 bridgehead atoms. The quantitative estimate of drug-likeness (QED) is 0.862. The summed E-state index contributed by atoms with van der Waals surface area (Å²) in [6, 6.07) is 15.7. The van der Waals surface area contributed by atoms with Crippen molar-refractivity contribution in [2.24, 2.45) is 0 Å². The highest BCUT2D eigenvalue weighted by Crippen LogP contribution is 2.27. The SMILES string of the molecule is CC1C(=O)Nc2ccccc2C(=O)N1c1ccccc1. The van der Waals surface area contributed by atoms with Crippen molar-refractivity contribution in [2.45, 2.75) is 13.0 Å². The highest BCUT2D eigenvalue weighted by atomic mass is 16.2. The number of carbonyl (C=O) groups is 2. The summed E-state index contributed by atoms with van der Waals surface area (Å²) in [6.07, 6.45) is 0. The third kappa shape index (κ3) is 1.95. The van der Waals surface area contributed by atoms with Gasteiger partial charge in [-0.1, -0.05) is 30.3 Å². The van der Waals surface area contributed by atoms with Crippen molar-refractivity contribution in [3.63, 3.8) is 0 Å². The molecule has 0 saturated heterocycles. The molecule has 3 rings (SSSR count). The maximum Gasteiger partial charge on any atom is 0.261 e. The van der Waals surface area contributed by atoms with E-state index in [0.29, 0.717) is 11.3 Å². The van der Waals surface area contributed by atoms with Crippen molar-refractivity contribution >= 4 is 23.2 Å². The Morgan fingerprint density at radius 2 is 1.60 bits per heavy atom. The number of nitrogens with one attached hydrogen (secondary N) is 1. The van der Waals surface area contributed by atoms with Crippen LogP contribution in [0.5, 0.6) is 0 Å². The Morgan fingerprint density at radius 3 is 2.35 bits per heavy atom. The number of amides is 2. The van der Waals surface area contributed by atoms with Crippen LogP contribution in [0.3, 0.4) is 0 Å². The van der Waals surface area contributed by atoms with Crippen LogP contribution in [0.1, 0.15) is 17.3 Å². The second-order valence-corrected chi connectivity index (χ2v) is 4.72. The first-order valence-corrected chi connectivity index (χ1v) is 6.47. The number of benzene rings is 2. The van der Waals surface area contributed by atoms with E-state index in [9.17, 15) is 9.59 Å². The van der Waals surface area contributed by atoms with Crippen LogP contribution in [0.25, 0.3) is 0 Å². The standard InChI is InChI=1S/C16H14N2O2/c1-11-15(19)17-14-10-6-5-9-13(14)16(20)18(11)12-7-3-2-4-8-12/h2-11H,1H3,(H,17,19). The summed E-state index contributed by atoms with van der Waals surface area (Å²) in [7, 11) is 0. The van der Waals surface area contributed by atoms with Gasteiger partial charge in [-0.05, 0) is 31.2 Å². The van der Waals surface area contributed by atoms with E-state index < -0.39 is 6.04 Å². The lowest BCUT2D eigenvalue weighted by Crippen LogP contribution is -2.43. The van der Waals surface area contributed by atoms with E-state index in [-0.39, 0.29) is 11.8 Å². The highest BCUT2D eigenvalue weighted by molar-refractivity contribution is 6.18. The smallest absolute Gasteiger partial charge is 0.261 e. The summed E-state index contributed by atoms with van der Waals surface area (Å²) < 4.78 is 0. The molecule has 4 heteroatoms. The summed E-state index contributed by atoms with van der Waals surface area (Å²) in [6.45, 7) is 1.73. The van der Waals surface area contributed by atoms with Gasteiger partial charge in [0.1, 0.15) is 6.04 Å². The Hall–Kier alpha value is -2.62. The molecule has 1 N–H and O–H groups in total. The zero-order chi connectivity index (χ0) is 14.1. The molecule has 2 aromatic carbocycles. The topological polar surface area (TPSA) is 49.4 Å². The molecular weight excluding hydrogens is 252 g/mol. The van der Waals surface area contributed by atoms with Gasteiger partial charge in [-0.25, -0.2) is 0 Å². The summed E-state index contributed by atoms with van der Waals surface area (Å²) in [5.74, 6) is -0.357. The molecule has 100 valence electrons. The number of carbonyl (C=O) groups excluding carboxylic acids is 2. The van der Waals surface area contributed by atoms with Gasteiger partial charge in [0.15, 0.2) is 0 Å². The first kappa shape index (κ1) is 12.4. The van der Waals surface area contributed by atoms with E-state index in [1.54, 1.807) is 31.2 Å². The maximum atomic E-state index is 12.7. The molecule has 1 heterocycles. The van der Waals surface area contributed by atoms with Crippen molar-refractivity contribution < 1.29 is 9.59 Å². The predicted octanol–water partition coefficient (Wildman–Crippen LogP) is 2.67. The average molecular weight is 266 g/mol. The molecule has 2 aromatic rings. The van der Waals surface area contributed by atoms with Crippen LogP contribution in [0.15, 0.2) is 54.6 Å². The van der Waals surface area contributed by atoms with Crippen LogP contribution in [0, 0.1) is 0 Å². The number of hydrogen-bond acceptors (Lipinski definition) is 2. The minimum Gasteiger partial charge on any atom is -0.324 e. The highest BCUT2D eigenvalue weighted by Gasteiger charge is 2.33. The number of fused-ring (bicyclic) bond motifs is 1. The molecule has 1 unspecified atom stereocenters. The van der Waals surface area contributed by atoms with Gasteiger partial charge in [-0.3, -0.25) is 14.5 Å². The molecular formula is C16H14N2O2. The van der Waals surface area contributed by atoms with E-state index in [1.165, 1.54) is 4.90 Å². The Kier molecular flexibility index (Phi) is 2.99. The predicted molar refractivity (Wildman–Crippen MR) is 77.8 cm³/mol. The molecule has 4 nitrogen and oxygen atoms in total. The summed E-state index contributed by atoms with van der Waals surface area (Å²) in [4.78, 5) is 26.5. The van der Waals surface area contributed by atoms with E-state index in [0.717, 1.165) is 5.69 Å². The van der Waals surface area contributed by atoms with Gasteiger partial charge in [0, 0.05) is 5.69 Å². The number of hydrogen-bond donors (Lipinski definition) is 1. The van der Waals surface area contributed by atoms with Crippen LogP contribution in [-0.4, -0.2) is 17.9 Å². The van der Waals surface area contributed by atoms with Crippen LogP contribution in [0.4, 0.5) is 11.4 Å². The van der Waals surface area contributed by atoms with E-state index in [2.05, 4.69) is 5.32 Å². The molecule has 0 saturated carbocycles. The Balaban J connectivity index is 2.14. The molecule has 0 aliphatic carbocycles. The third-order valence-corrected chi connectivity index (χ3v) is 3.44. The molecule has 2 amide bonds. The summed E-state index contributed by atoms with van der Waals surface area (Å²) >= 11 is 0. The molecule has 1 atom stereocenters. The second kappa shape index (κ2) is 4.81.